The van der Waals surface area contributed by atoms with E-state index < -0.39 is 0 Å². The lowest BCUT2D eigenvalue weighted by molar-refractivity contribution is -0.133. The van der Waals surface area contributed by atoms with Gasteiger partial charge in [0, 0.05) is 38.6 Å². The molecule has 0 N–H and O–H groups in total. The molecule has 0 radical (unpaired) electrons. The topological polar surface area (TPSA) is 23.6 Å². The van der Waals surface area contributed by atoms with Crippen LogP contribution in [0.15, 0.2) is 24.3 Å². The maximum Gasteiger partial charge on any atom is 0.222 e. The Hall–Kier alpha value is -1.35. The van der Waals surface area contributed by atoms with Crippen molar-refractivity contribution < 1.29 is 4.79 Å². The predicted molar refractivity (Wildman–Crippen MR) is 89.9 cm³/mol. The van der Waals surface area contributed by atoms with Crippen molar-refractivity contribution in [2.75, 3.05) is 26.2 Å². The second-order valence-corrected chi connectivity index (χ2v) is 6.84. The van der Waals surface area contributed by atoms with Crippen molar-refractivity contribution in [3.8, 4) is 0 Å². The first kappa shape index (κ1) is 15.5. The summed E-state index contributed by atoms with van der Waals surface area (Å²) in [5.41, 5.74) is 2.55. The van der Waals surface area contributed by atoms with Gasteiger partial charge >= 0.3 is 0 Å². The molecule has 1 saturated carbocycles. The molecule has 1 aromatic rings. The molecule has 3 rings (SSSR count). The number of piperazine rings is 1. The lowest BCUT2D eigenvalue weighted by atomic mass is 10.1. The van der Waals surface area contributed by atoms with Crippen LogP contribution in [0.1, 0.15) is 43.2 Å². The van der Waals surface area contributed by atoms with Crippen LogP contribution in [0.4, 0.5) is 0 Å². The highest BCUT2D eigenvalue weighted by molar-refractivity contribution is 5.76. The van der Waals surface area contributed by atoms with Crippen LogP contribution in [0.25, 0.3) is 0 Å². The Kier molecular flexibility index (Phi) is 5.14. The van der Waals surface area contributed by atoms with E-state index in [0.29, 0.717) is 12.3 Å². The molecule has 0 spiro atoms. The largest absolute Gasteiger partial charge is 0.340 e. The fraction of sp³-hybridized carbons (Fsp3) is 0.632. The third-order valence-corrected chi connectivity index (χ3v) is 5.22. The van der Waals surface area contributed by atoms with Crippen LogP contribution in [0.3, 0.4) is 0 Å². The average Bonchev–Trinajstić information content (AvgIpc) is 3.07. The number of carbonyl (C=O) groups is 1. The highest BCUT2D eigenvalue weighted by Gasteiger charge is 2.27. The number of carbonyl (C=O) groups excluding carboxylic acids is 1. The normalized spacial score (nSPS) is 20.5. The average molecular weight is 300 g/mol. The fourth-order valence-electron chi connectivity index (χ4n) is 3.88. The Bertz CT molecular complexity index is 500. The van der Waals surface area contributed by atoms with Crippen molar-refractivity contribution in [3.05, 3.63) is 35.4 Å². The van der Waals surface area contributed by atoms with Crippen molar-refractivity contribution in [2.24, 2.45) is 0 Å². The third kappa shape index (κ3) is 3.89. The molecule has 1 heterocycles. The van der Waals surface area contributed by atoms with Crippen LogP contribution in [0.5, 0.6) is 0 Å². The van der Waals surface area contributed by atoms with Crippen LogP contribution in [0.2, 0.25) is 0 Å². The van der Waals surface area contributed by atoms with Crippen molar-refractivity contribution in [1.82, 2.24) is 9.80 Å². The maximum absolute atomic E-state index is 12.4. The molecule has 3 nitrogen and oxygen atoms in total. The van der Waals surface area contributed by atoms with Gasteiger partial charge in [0.1, 0.15) is 0 Å². The van der Waals surface area contributed by atoms with Crippen LogP contribution < -0.4 is 0 Å². The van der Waals surface area contributed by atoms with E-state index in [1.807, 2.05) is 0 Å². The summed E-state index contributed by atoms with van der Waals surface area (Å²) in [6.45, 7) is 6.08. The van der Waals surface area contributed by atoms with Gasteiger partial charge in [-0.25, -0.2) is 0 Å². The van der Waals surface area contributed by atoms with Gasteiger partial charge in [-0.15, -0.1) is 0 Å². The van der Waals surface area contributed by atoms with Gasteiger partial charge in [-0.2, -0.15) is 0 Å². The van der Waals surface area contributed by atoms with Gasteiger partial charge in [0.05, 0.1) is 0 Å². The Labute approximate surface area is 134 Å². The van der Waals surface area contributed by atoms with Gasteiger partial charge in [-0.05, 0) is 31.7 Å². The molecular formula is C19H28N2O. The van der Waals surface area contributed by atoms with Crippen molar-refractivity contribution in [3.63, 3.8) is 0 Å². The van der Waals surface area contributed by atoms with E-state index in [0.717, 1.165) is 38.6 Å². The van der Waals surface area contributed by atoms with Crippen molar-refractivity contribution in [1.29, 1.82) is 0 Å². The molecular weight excluding hydrogens is 272 g/mol. The molecule has 1 aliphatic carbocycles. The Morgan fingerprint density at radius 3 is 2.55 bits per heavy atom. The summed E-state index contributed by atoms with van der Waals surface area (Å²) in [5.74, 6) is 0.326. The predicted octanol–water partition coefficient (Wildman–Crippen LogP) is 3.01. The summed E-state index contributed by atoms with van der Waals surface area (Å²) in [5, 5.41) is 0. The van der Waals surface area contributed by atoms with Gasteiger partial charge in [-0.3, -0.25) is 9.69 Å². The van der Waals surface area contributed by atoms with Crippen LogP contribution in [-0.4, -0.2) is 47.9 Å². The van der Waals surface area contributed by atoms with Crippen molar-refractivity contribution in [2.45, 2.75) is 51.5 Å². The first-order valence-electron chi connectivity index (χ1n) is 8.80. The van der Waals surface area contributed by atoms with Gasteiger partial charge < -0.3 is 4.90 Å². The molecule has 3 heteroatoms. The molecule has 0 bridgehead atoms. The van der Waals surface area contributed by atoms with Crippen LogP contribution >= 0.6 is 0 Å². The minimum atomic E-state index is 0.326. The van der Waals surface area contributed by atoms with E-state index in [-0.39, 0.29) is 0 Å². The molecule has 22 heavy (non-hydrogen) atoms. The van der Waals surface area contributed by atoms with E-state index in [1.54, 1.807) is 0 Å². The SMILES string of the molecule is Cc1cccc(CCC(=O)N2CCN(C3CCCC3)CC2)c1. The molecule has 1 amide bonds. The molecule has 0 unspecified atom stereocenters. The van der Waals surface area contributed by atoms with E-state index in [4.69, 9.17) is 0 Å². The zero-order chi connectivity index (χ0) is 15.4. The zero-order valence-corrected chi connectivity index (χ0v) is 13.8. The summed E-state index contributed by atoms with van der Waals surface area (Å²) in [4.78, 5) is 17.1. The fourth-order valence-corrected chi connectivity index (χ4v) is 3.88. The van der Waals surface area contributed by atoms with Gasteiger partial charge in [-0.1, -0.05) is 42.7 Å². The van der Waals surface area contributed by atoms with Crippen LogP contribution in [-0.2, 0) is 11.2 Å². The molecule has 2 fully saturated rings. The molecule has 1 aliphatic heterocycles. The molecule has 1 aromatic carbocycles. The minimum absolute atomic E-state index is 0.326. The van der Waals surface area contributed by atoms with Crippen LogP contribution in [0, 0.1) is 6.92 Å². The van der Waals surface area contributed by atoms with E-state index >= 15 is 0 Å². The number of hydrogen-bond acceptors (Lipinski definition) is 2. The molecule has 120 valence electrons. The highest BCUT2D eigenvalue weighted by atomic mass is 16.2. The Balaban J connectivity index is 1.43. The summed E-state index contributed by atoms with van der Waals surface area (Å²) in [6, 6.07) is 9.29. The number of benzene rings is 1. The Morgan fingerprint density at radius 1 is 1.14 bits per heavy atom. The second kappa shape index (κ2) is 7.28. The van der Waals surface area contributed by atoms with E-state index in [1.165, 1.54) is 36.8 Å². The number of hydrogen-bond donors (Lipinski definition) is 0. The van der Waals surface area contributed by atoms with Crippen molar-refractivity contribution >= 4 is 5.91 Å². The first-order valence-corrected chi connectivity index (χ1v) is 8.80. The summed E-state index contributed by atoms with van der Waals surface area (Å²) in [6.07, 6.45) is 7.01. The quantitative estimate of drug-likeness (QED) is 0.853. The minimum Gasteiger partial charge on any atom is -0.340 e. The first-order chi connectivity index (χ1) is 10.7. The number of rotatable bonds is 4. The van der Waals surface area contributed by atoms with E-state index in [9.17, 15) is 4.79 Å². The zero-order valence-electron chi connectivity index (χ0n) is 13.8. The molecule has 2 aliphatic rings. The monoisotopic (exact) mass is 300 g/mol. The lowest BCUT2D eigenvalue weighted by Crippen LogP contribution is -2.51. The summed E-state index contributed by atoms with van der Waals surface area (Å²) >= 11 is 0. The molecule has 0 aromatic heterocycles. The number of nitrogens with zero attached hydrogens (tertiary/aromatic N) is 2. The number of aryl methyl sites for hydroxylation is 2. The third-order valence-electron chi connectivity index (χ3n) is 5.22. The maximum atomic E-state index is 12.4. The molecule has 1 saturated heterocycles. The Morgan fingerprint density at radius 2 is 1.86 bits per heavy atom. The van der Waals surface area contributed by atoms with Gasteiger partial charge in [0.15, 0.2) is 0 Å². The second-order valence-electron chi connectivity index (χ2n) is 6.84. The standard InChI is InChI=1S/C19H28N2O/c1-16-5-4-6-17(15-16)9-10-19(22)21-13-11-20(12-14-21)18-7-2-3-8-18/h4-6,15,18H,2-3,7-14H2,1H3. The van der Waals surface area contributed by atoms with E-state index in [2.05, 4.69) is 41.0 Å². The highest BCUT2D eigenvalue weighted by Crippen LogP contribution is 2.24. The van der Waals surface area contributed by atoms with Gasteiger partial charge in [0.2, 0.25) is 5.91 Å². The lowest BCUT2D eigenvalue weighted by Gasteiger charge is -2.38. The smallest absolute Gasteiger partial charge is 0.222 e. The summed E-state index contributed by atoms with van der Waals surface area (Å²) < 4.78 is 0. The summed E-state index contributed by atoms with van der Waals surface area (Å²) in [7, 11) is 0. The molecule has 0 atom stereocenters. The number of amides is 1. The van der Waals surface area contributed by atoms with Gasteiger partial charge in [0.25, 0.3) is 0 Å².